The lowest BCUT2D eigenvalue weighted by Crippen LogP contribution is -2.43. The minimum absolute atomic E-state index is 0.0798. The Morgan fingerprint density at radius 2 is 2.21 bits per heavy atom. The number of aromatic nitrogens is 1. The fourth-order valence-corrected chi connectivity index (χ4v) is 5.37. The van der Waals surface area contributed by atoms with E-state index in [2.05, 4.69) is 16.8 Å². The Hall–Kier alpha value is -1.61. The van der Waals surface area contributed by atoms with Crippen molar-refractivity contribution in [1.29, 1.82) is 5.26 Å². The van der Waals surface area contributed by atoms with Crippen LogP contribution >= 0.6 is 11.3 Å². The number of urea groups is 1. The maximum Gasteiger partial charge on any atom is 0.323 e. The number of carbonyl (C=O) groups excluding carboxylic acids is 1. The molecule has 4 rings (SSSR count). The summed E-state index contributed by atoms with van der Waals surface area (Å²) < 4.78 is 0. The van der Waals surface area contributed by atoms with Gasteiger partial charge in [0.05, 0.1) is 17.2 Å². The molecule has 1 aliphatic heterocycles. The van der Waals surface area contributed by atoms with Gasteiger partial charge in [0.2, 0.25) is 0 Å². The molecule has 1 saturated heterocycles. The molecule has 1 aromatic rings. The molecule has 0 spiro atoms. The normalized spacial score (nSPS) is 31.0. The molecular formula is C18H24N4OS. The number of rotatable bonds is 2. The van der Waals surface area contributed by atoms with Gasteiger partial charge in [0.1, 0.15) is 0 Å². The van der Waals surface area contributed by atoms with Crippen LogP contribution in [0, 0.1) is 28.6 Å². The van der Waals surface area contributed by atoms with E-state index in [-0.39, 0.29) is 11.4 Å². The number of nitriles is 1. The predicted octanol–water partition coefficient (Wildman–Crippen LogP) is 4.20. The summed E-state index contributed by atoms with van der Waals surface area (Å²) >= 11 is 1.54. The fraction of sp³-hybridized carbons (Fsp3) is 0.722. The molecule has 2 amide bonds. The van der Waals surface area contributed by atoms with E-state index in [0.717, 1.165) is 24.7 Å². The van der Waals surface area contributed by atoms with Gasteiger partial charge in [-0.25, -0.2) is 9.78 Å². The Bertz CT molecular complexity index is 671. The van der Waals surface area contributed by atoms with E-state index < -0.39 is 0 Å². The third-order valence-electron chi connectivity index (χ3n) is 6.28. The van der Waals surface area contributed by atoms with E-state index in [0.29, 0.717) is 24.1 Å². The molecule has 1 N–H and O–H groups in total. The number of hydrogen-bond donors (Lipinski definition) is 1. The number of carbonyl (C=O) groups is 1. The molecule has 3 atom stereocenters. The fourth-order valence-electron chi connectivity index (χ4n) is 4.61. The molecule has 0 aromatic carbocycles. The minimum atomic E-state index is -0.285. The van der Waals surface area contributed by atoms with Gasteiger partial charge in [-0.2, -0.15) is 5.26 Å². The minimum Gasteiger partial charge on any atom is -0.324 e. The zero-order chi connectivity index (χ0) is 16.7. The van der Waals surface area contributed by atoms with Crippen molar-refractivity contribution >= 4 is 22.5 Å². The Labute approximate surface area is 147 Å². The smallest absolute Gasteiger partial charge is 0.323 e. The Kier molecular flexibility index (Phi) is 4.00. The van der Waals surface area contributed by atoms with Crippen LogP contribution in [0.1, 0.15) is 57.1 Å². The highest BCUT2D eigenvalue weighted by atomic mass is 32.1. The first-order chi connectivity index (χ1) is 11.6. The van der Waals surface area contributed by atoms with E-state index in [9.17, 15) is 10.1 Å². The van der Waals surface area contributed by atoms with Crippen molar-refractivity contribution in [1.82, 2.24) is 9.88 Å². The van der Waals surface area contributed by atoms with E-state index in [1.807, 2.05) is 6.92 Å². The van der Waals surface area contributed by atoms with Gasteiger partial charge in [-0.15, -0.1) is 11.3 Å². The molecule has 2 saturated carbocycles. The second-order valence-electron chi connectivity index (χ2n) is 7.95. The van der Waals surface area contributed by atoms with E-state index in [1.165, 1.54) is 42.7 Å². The van der Waals surface area contributed by atoms with Crippen LogP contribution in [0.2, 0.25) is 0 Å². The molecule has 2 aliphatic carbocycles. The average molecular weight is 344 g/mol. The third-order valence-corrected chi connectivity index (χ3v) is 7.05. The molecule has 3 fully saturated rings. The second kappa shape index (κ2) is 6.03. The van der Waals surface area contributed by atoms with E-state index in [1.54, 1.807) is 4.90 Å². The van der Waals surface area contributed by atoms with Gasteiger partial charge >= 0.3 is 6.03 Å². The maximum absolute atomic E-state index is 12.4. The quantitative estimate of drug-likeness (QED) is 0.874. The summed E-state index contributed by atoms with van der Waals surface area (Å²) in [5, 5.41) is 15.0. The molecular weight excluding hydrogens is 320 g/mol. The van der Waals surface area contributed by atoms with Gasteiger partial charge in [0, 0.05) is 24.4 Å². The topological polar surface area (TPSA) is 69.0 Å². The Morgan fingerprint density at radius 1 is 1.42 bits per heavy atom. The highest BCUT2D eigenvalue weighted by Gasteiger charge is 2.41. The predicted molar refractivity (Wildman–Crippen MR) is 93.8 cm³/mol. The SMILES string of the molecule is CC1(C#N)CCN(C(=O)Nc2nc(C3CC4CCC3C4)cs2)CC1. The summed E-state index contributed by atoms with van der Waals surface area (Å²) in [6.07, 6.45) is 6.87. The number of thiazole rings is 1. The van der Waals surface area contributed by atoms with Gasteiger partial charge in [0.15, 0.2) is 5.13 Å². The monoisotopic (exact) mass is 344 g/mol. The number of piperidine rings is 1. The van der Waals surface area contributed by atoms with Crippen molar-refractivity contribution < 1.29 is 4.79 Å². The summed E-state index contributed by atoms with van der Waals surface area (Å²) in [5.41, 5.74) is 0.894. The van der Waals surface area contributed by atoms with Crippen LogP contribution in [-0.4, -0.2) is 29.0 Å². The first-order valence-corrected chi connectivity index (χ1v) is 9.87. The second-order valence-corrected chi connectivity index (χ2v) is 8.81. The number of nitrogens with one attached hydrogen (secondary N) is 1. The Morgan fingerprint density at radius 3 is 2.83 bits per heavy atom. The third kappa shape index (κ3) is 2.90. The van der Waals surface area contributed by atoms with Crippen LogP contribution in [0.3, 0.4) is 0 Å². The van der Waals surface area contributed by atoms with Crippen LogP contribution < -0.4 is 5.32 Å². The van der Waals surface area contributed by atoms with Crippen molar-refractivity contribution in [2.24, 2.45) is 17.3 Å². The first kappa shape index (κ1) is 15.9. The molecule has 3 unspecified atom stereocenters. The van der Waals surface area contributed by atoms with Gasteiger partial charge in [0.25, 0.3) is 0 Å². The maximum atomic E-state index is 12.4. The van der Waals surface area contributed by atoms with Crippen LogP contribution in [0.5, 0.6) is 0 Å². The molecule has 5 nitrogen and oxygen atoms in total. The number of fused-ring (bicyclic) bond motifs is 2. The van der Waals surface area contributed by atoms with E-state index in [4.69, 9.17) is 4.98 Å². The molecule has 6 heteroatoms. The molecule has 2 heterocycles. The summed E-state index contributed by atoms with van der Waals surface area (Å²) in [7, 11) is 0. The van der Waals surface area contributed by atoms with Gasteiger partial charge < -0.3 is 4.90 Å². The lowest BCUT2D eigenvalue weighted by atomic mass is 9.82. The lowest BCUT2D eigenvalue weighted by molar-refractivity contribution is 0.166. The van der Waals surface area contributed by atoms with Gasteiger partial charge in [-0.05, 0) is 50.9 Å². The van der Waals surface area contributed by atoms with Gasteiger partial charge in [-0.1, -0.05) is 6.42 Å². The van der Waals surface area contributed by atoms with Crippen LogP contribution in [0.25, 0.3) is 0 Å². The zero-order valence-corrected chi connectivity index (χ0v) is 14.9. The first-order valence-electron chi connectivity index (χ1n) is 8.99. The molecule has 3 aliphatic rings. The van der Waals surface area contributed by atoms with Crippen LogP contribution in [0.15, 0.2) is 5.38 Å². The highest BCUT2D eigenvalue weighted by molar-refractivity contribution is 7.13. The zero-order valence-electron chi connectivity index (χ0n) is 14.1. The van der Waals surface area contributed by atoms with Crippen LogP contribution in [-0.2, 0) is 0 Å². The van der Waals surface area contributed by atoms with Gasteiger partial charge in [-0.3, -0.25) is 5.32 Å². The Balaban J connectivity index is 1.35. The molecule has 1 aromatic heterocycles. The molecule has 24 heavy (non-hydrogen) atoms. The summed E-state index contributed by atoms with van der Waals surface area (Å²) in [4.78, 5) is 18.9. The van der Waals surface area contributed by atoms with Crippen molar-refractivity contribution in [2.75, 3.05) is 18.4 Å². The number of hydrogen-bond acceptors (Lipinski definition) is 4. The standard InChI is InChI=1S/C18H24N4OS/c1-18(11-19)4-6-22(7-5-18)17(23)21-16-20-15(10-24-16)14-9-12-2-3-13(14)8-12/h10,12-14H,2-9H2,1H3,(H,20,21,23). The summed E-state index contributed by atoms with van der Waals surface area (Å²) in [6, 6.07) is 2.29. The molecule has 0 radical (unpaired) electrons. The van der Waals surface area contributed by atoms with Crippen molar-refractivity contribution in [3.63, 3.8) is 0 Å². The van der Waals surface area contributed by atoms with E-state index >= 15 is 0 Å². The summed E-state index contributed by atoms with van der Waals surface area (Å²) in [5.74, 6) is 2.32. The van der Waals surface area contributed by atoms with Crippen molar-refractivity contribution in [2.45, 2.75) is 51.4 Å². The molecule has 128 valence electrons. The number of nitrogens with zero attached hydrogens (tertiary/aromatic N) is 3. The largest absolute Gasteiger partial charge is 0.324 e. The molecule has 2 bridgehead atoms. The van der Waals surface area contributed by atoms with Crippen molar-refractivity contribution in [3.05, 3.63) is 11.1 Å². The summed E-state index contributed by atoms with van der Waals surface area (Å²) in [6.45, 7) is 3.26. The number of amides is 2. The average Bonchev–Trinajstić information content (AvgIpc) is 3.31. The number of anilines is 1. The van der Waals surface area contributed by atoms with Crippen molar-refractivity contribution in [3.8, 4) is 6.07 Å². The highest BCUT2D eigenvalue weighted by Crippen LogP contribution is 2.53. The van der Waals surface area contributed by atoms with Crippen LogP contribution in [0.4, 0.5) is 9.93 Å². The lowest BCUT2D eigenvalue weighted by Gasteiger charge is -2.34. The number of likely N-dealkylation sites (tertiary alicyclic amines) is 1.